The number of aryl methyl sites for hydroxylation is 3. The number of hydrogen-bond acceptors (Lipinski definition) is 0. The molecule has 0 aromatic heterocycles. The van der Waals surface area contributed by atoms with E-state index < -0.39 is 0 Å². The molecular formula is C13H10. The maximum Gasteiger partial charge on any atom is 0.0356 e. The standard InChI is InChI=1S/C13H10/c1-9-5-6-11-8-7-10-3-2-4-12(9)13(10)11/h3,5-6H,7-8H2,1H3. The van der Waals surface area contributed by atoms with Crippen molar-refractivity contribution in [2.45, 2.75) is 19.8 Å². The van der Waals surface area contributed by atoms with Crippen molar-refractivity contribution in [3.8, 4) is 0 Å². The third-order valence-corrected chi connectivity index (χ3v) is 2.93. The largest absolute Gasteiger partial charge is 0.0693 e. The highest BCUT2D eigenvalue weighted by Crippen LogP contribution is 2.30. The Balaban J connectivity index is 2.58. The minimum atomic E-state index is 1.18. The van der Waals surface area contributed by atoms with Gasteiger partial charge in [0.25, 0.3) is 0 Å². The number of rotatable bonds is 0. The molecule has 0 heteroatoms. The van der Waals surface area contributed by atoms with Crippen LogP contribution in [0.15, 0.2) is 18.2 Å². The second-order valence-corrected chi connectivity index (χ2v) is 3.73. The Kier molecular flexibility index (Phi) is 1.21. The maximum absolute atomic E-state index is 3.22. The van der Waals surface area contributed by atoms with Crippen molar-refractivity contribution in [1.29, 1.82) is 0 Å². The average molecular weight is 166 g/mol. The van der Waals surface area contributed by atoms with E-state index >= 15 is 0 Å². The van der Waals surface area contributed by atoms with Crippen LogP contribution in [0.25, 0.3) is 10.8 Å². The highest BCUT2D eigenvalue weighted by atomic mass is 14.2. The zero-order valence-corrected chi connectivity index (χ0v) is 7.65. The van der Waals surface area contributed by atoms with Gasteiger partial charge >= 0.3 is 0 Å². The molecular weight excluding hydrogens is 156 g/mol. The van der Waals surface area contributed by atoms with Crippen molar-refractivity contribution in [3.05, 3.63) is 47.0 Å². The average Bonchev–Trinajstić information content (AvgIpc) is 2.57. The summed E-state index contributed by atoms with van der Waals surface area (Å²) in [6, 6.07) is 12.8. The van der Waals surface area contributed by atoms with Crippen molar-refractivity contribution in [1.82, 2.24) is 0 Å². The minimum absolute atomic E-state index is 1.18. The molecule has 0 spiro atoms. The molecule has 0 nitrogen and oxygen atoms in total. The summed E-state index contributed by atoms with van der Waals surface area (Å²) in [6.07, 6.45) is 2.37. The fourth-order valence-electron chi connectivity index (χ4n) is 2.22. The highest BCUT2D eigenvalue weighted by molar-refractivity contribution is 5.91. The van der Waals surface area contributed by atoms with Gasteiger partial charge in [-0.25, -0.2) is 0 Å². The summed E-state index contributed by atoms with van der Waals surface area (Å²) in [4.78, 5) is 0. The summed E-state index contributed by atoms with van der Waals surface area (Å²) in [5, 5.41) is 2.71. The van der Waals surface area contributed by atoms with Crippen molar-refractivity contribution >= 4 is 10.8 Å². The van der Waals surface area contributed by atoms with Gasteiger partial charge in [-0.1, -0.05) is 24.3 Å². The van der Waals surface area contributed by atoms with Gasteiger partial charge in [0.15, 0.2) is 0 Å². The van der Waals surface area contributed by atoms with Crippen LogP contribution in [0.3, 0.4) is 0 Å². The van der Waals surface area contributed by atoms with Crippen LogP contribution in [0.4, 0.5) is 0 Å². The second kappa shape index (κ2) is 2.26. The van der Waals surface area contributed by atoms with Crippen LogP contribution in [0, 0.1) is 19.1 Å². The van der Waals surface area contributed by atoms with Crippen LogP contribution in [-0.2, 0) is 12.8 Å². The van der Waals surface area contributed by atoms with E-state index in [1.807, 2.05) is 0 Å². The predicted octanol–water partition coefficient (Wildman–Crippen LogP) is 2.85. The zero-order valence-electron chi connectivity index (χ0n) is 7.65. The first kappa shape index (κ1) is 6.97. The number of benzene rings is 1. The Labute approximate surface area is 78.2 Å². The van der Waals surface area contributed by atoms with E-state index in [1.54, 1.807) is 0 Å². The Bertz CT molecular complexity index is 470. The van der Waals surface area contributed by atoms with Gasteiger partial charge in [0.2, 0.25) is 0 Å². The fourth-order valence-corrected chi connectivity index (χ4v) is 2.22. The van der Waals surface area contributed by atoms with Crippen molar-refractivity contribution < 1.29 is 0 Å². The summed E-state index contributed by atoms with van der Waals surface area (Å²) in [5.74, 6) is 0. The van der Waals surface area contributed by atoms with Gasteiger partial charge < -0.3 is 0 Å². The van der Waals surface area contributed by atoms with Gasteiger partial charge in [-0.15, -0.1) is 0 Å². The lowest BCUT2D eigenvalue weighted by molar-refractivity contribution is 1.02. The fraction of sp³-hybridized carbons (Fsp3) is 0.231. The lowest BCUT2D eigenvalue weighted by Crippen LogP contribution is -1.80. The third kappa shape index (κ3) is 0.820. The summed E-state index contributed by atoms with van der Waals surface area (Å²) in [6.45, 7) is 2.14. The first-order valence-electron chi connectivity index (χ1n) is 4.70. The Hall–Kier alpha value is -1.48. The van der Waals surface area contributed by atoms with Crippen LogP contribution >= 0.6 is 0 Å². The zero-order chi connectivity index (χ0) is 8.84. The Morgan fingerprint density at radius 2 is 2.00 bits per heavy atom. The van der Waals surface area contributed by atoms with Gasteiger partial charge in [0.1, 0.15) is 0 Å². The smallest absolute Gasteiger partial charge is 0.0356 e. The van der Waals surface area contributed by atoms with E-state index in [0.29, 0.717) is 0 Å². The van der Waals surface area contributed by atoms with E-state index in [2.05, 4.69) is 37.3 Å². The molecule has 3 rings (SSSR count). The molecule has 13 heavy (non-hydrogen) atoms. The quantitative estimate of drug-likeness (QED) is 0.564. The van der Waals surface area contributed by atoms with E-state index in [0.717, 1.165) is 0 Å². The summed E-state index contributed by atoms with van der Waals surface area (Å²) in [7, 11) is 0. The van der Waals surface area contributed by atoms with Crippen molar-refractivity contribution in [3.63, 3.8) is 0 Å². The summed E-state index contributed by atoms with van der Waals surface area (Å²) >= 11 is 0. The molecule has 1 aliphatic carbocycles. The molecule has 0 radical (unpaired) electrons. The van der Waals surface area contributed by atoms with Crippen molar-refractivity contribution in [2.75, 3.05) is 0 Å². The first-order valence-corrected chi connectivity index (χ1v) is 4.70. The van der Waals surface area contributed by atoms with Gasteiger partial charge in [-0.2, -0.15) is 0 Å². The molecule has 0 unspecified atom stereocenters. The van der Waals surface area contributed by atoms with Crippen LogP contribution < -0.4 is 0 Å². The van der Waals surface area contributed by atoms with Crippen LogP contribution in [0.5, 0.6) is 0 Å². The molecule has 62 valence electrons. The summed E-state index contributed by atoms with van der Waals surface area (Å²) in [5.41, 5.74) is 4.26. The SMILES string of the molecule is Cc1ccc2c3c(cc#cc13)CC2. The second-order valence-electron chi connectivity index (χ2n) is 3.73. The molecule has 0 amide bonds. The number of hydrogen-bond donors (Lipinski definition) is 0. The molecule has 0 fully saturated rings. The molecule has 0 bridgehead atoms. The molecule has 0 aliphatic heterocycles. The topological polar surface area (TPSA) is 0 Å². The Morgan fingerprint density at radius 1 is 1.15 bits per heavy atom. The summed E-state index contributed by atoms with van der Waals surface area (Å²) < 4.78 is 0. The van der Waals surface area contributed by atoms with E-state index in [4.69, 9.17) is 0 Å². The molecule has 0 atom stereocenters. The van der Waals surface area contributed by atoms with E-state index in [-0.39, 0.29) is 0 Å². The molecule has 0 saturated heterocycles. The maximum atomic E-state index is 3.22. The van der Waals surface area contributed by atoms with Crippen LogP contribution in [0.1, 0.15) is 16.7 Å². The lowest BCUT2D eigenvalue weighted by atomic mass is 10.0. The van der Waals surface area contributed by atoms with Gasteiger partial charge in [0.05, 0.1) is 0 Å². The first-order chi connectivity index (χ1) is 6.36. The third-order valence-electron chi connectivity index (χ3n) is 2.93. The molecule has 0 saturated carbocycles. The van der Waals surface area contributed by atoms with E-state index in [9.17, 15) is 0 Å². The molecule has 2 aromatic rings. The van der Waals surface area contributed by atoms with Crippen LogP contribution in [0.2, 0.25) is 0 Å². The van der Waals surface area contributed by atoms with Gasteiger partial charge in [0, 0.05) is 5.39 Å². The predicted molar refractivity (Wildman–Crippen MR) is 53.8 cm³/mol. The lowest BCUT2D eigenvalue weighted by Gasteiger charge is -2.00. The van der Waals surface area contributed by atoms with E-state index in [1.165, 1.54) is 40.3 Å². The normalized spacial score (nSPS) is 13.3. The molecule has 0 N–H and O–H groups in total. The molecule has 1 aliphatic rings. The minimum Gasteiger partial charge on any atom is -0.0693 e. The van der Waals surface area contributed by atoms with Crippen LogP contribution in [-0.4, -0.2) is 0 Å². The highest BCUT2D eigenvalue weighted by Gasteiger charge is 2.13. The Morgan fingerprint density at radius 3 is 2.92 bits per heavy atom. The molecule has 0 heterocycles. The molecule has 2 aromatic carbocycles. The van der Waals surface area contributed by atoms with Crippen molar-refractivity contribution in [2.24, 2.45) is 0 Å². The monoisotopic (exact) mass is 166 g/mol. The van der Waals surface area contributed by atoms with Gasteiger partial charge in [-0.3, -0.25) is 0 Å². The van der Waals surface area contributed by atoms with Gasteiger partial charge in [-0.05, 0) is 47.9 Å².